The van der Waals surface area contributed by atoms with Crippen LogP contribution in [0.2, 0.25) is 0 Å². The van der Waals surface area contributed by atoms with Gasteiger partial charge in [-0.1, -0.05) is 0 Å². The van der Waals surface area contributed by atoms with E-state index in [1.54, 1.807) is 0 Å². The Morgan fingerprint density at radius 3 is 1.43 bits per heavy atom. The van der Waals surface area contributed by atoms with Gasteiger partial charge >= 0.3 is 0 Å². The Morgan fingerprint density at radius 1 is 1.29 bits per heavy atom. The predicted molar refractivity (Wildman–Crippen MR) is 28.4 cm³/mol. The summed E-state index contributed by atoms with van der Waals surface area (Å²) in [5, 5.41) is 0. The maximum atomic E-state index is 8.58. The summed E-state index contributed by atoms with van der Waals surface area (Å²) in [5.41, 5.74) is 14.0. The minimum absolute atomic E-state index is 0.250. The molecule has 4 nitrogen and oxygen atoms in total. The van der Waals surface area contributed by atoms with Crippen LogP contribution in [0.1, 0.15) is 0 Å². The summed E-state index contributed by atoms with van der Waals surface area (Å²) in [5.74, 6) is 0. The van der Waals surface area contributed by atoms with E-state index in [9.17, 15) is 0 Å². The normalized spacial score (nSPS) is 6.00. The molecule has 0 radical (unpaired) electrons. The van der Waals surface area contributed by atoms with Gasteiger partial charge in [0.25, 0.3) is 0 Å². The molecule has 0 fully saturated rings. The zero-order valence-electron chi connectivity index (χ0n) is 4.13. The Balaban J connectivity index is 0. The standard InChI is InChI=1S/C2H8N2.CH3NO/c3-1-2-4;2-1-3/h1-4H2;1H,(H2,2,3). The topological polar surface area (TPSA) is 95.1 Å². The fourth-order valence-corrected chi connectivity index (χ4v) is 0. The van der Waals surface area contributed by atoms with Crippen LogP contribution >= 0.6 is 0 Å². The Hall–Kier alpha value is -0.610. The number of hydrogen-bond donors (Lipinski definition) is 3. The molecule has 0 aromatic heterocycles. The highest BCUT2D eigenvalue weighted by Crippen LogP contribution is 1.24. The zero-order valence-corrected chi connectivity index (χ0v) is 4.13. The first kappa shape index (κ1) is 9.63. The van der Waals surface area contributed by atoms with E-state index in [1.807, 2.05) is 0 Å². The molecule has 0 unspecified atom stereocenters. The number of amides is 1. The average Bonchev–Trinajstić information content (AvgIpc) is 1.69. The zero-order chi connectivity index (χ0) is 6.12. The van der Waals surface area contributed by atoms with E-state index in [0.717, 1.165) is 0 Å². The highest BCUT2D eigenvalue weighted by Gasteiger charge is 1.54. The lowest BCUT2D eigenvalue weighted by atomic mass is 10.7. The molecule has 0 aliphatic heterocycles. The molecule has 0 atom stereocenters. The molecule has 0 heterocycles. The van der Waals surface area contributed by atoms with E-state index in [-0.39, 0.29) is 6.41 Å². The molecule has 0 aromatic carbocycles. The van der Waals surface area contributed by atoms with Gasteiger partial charge in [0.15, 0.2) is 0 Å². The maximum absolute atomic E-state index is 8.58. The van der Waals surface area contributed by atoms with Crippen molar-refractivity contribution in [3.63, 3.8) is 0 Å². The lowest BCUT2D eigenvalue weighted by Gasteiger charge is -1.72. The molecule has 0 saturated carbocycles. The number of hydrogen-bond acceptors (Lipinski definition) is 3. The van der Waals surface area contributed by atoms with Crippen LogP contribution in [0.3, 0.4) is 0 Å². The number of carbonyl (C=O) groups is 1. The van der Waals surface area contributed by atoms with Crippen molar-refractivity contribution in [3.05, 3.63) is 0 Å². The monoisotopic (exact) mass is 105 g/mol. The number of nitrogens with two attached hydrogens (primary N) is 3. The van der Waals surface area contributed by atoms with Crippen molar-refractivity contribution < 1.29 is 4.79 Å². The second-order valence-electron chi connectivity index (χ2n) is 0.713. The van der Waals surface area contributed by atoms with Crippen molar-refractivity contribution in [2.75, 3.05) is 13.1 Å². The first-order valence-electron chi connectivity index (χ1n) is 1.89. The highest BCUT2D eigenvalue weighted by atomic mass is 16.1. The van der Waals surface area contributed by atoms with E-state index < -0.39 is 0 Å². The Labute approximate surface area is 42.7 Å². The van der Waals surface area contributed by atoms with Crippen molar-refractivity contribution >= 4 is 6.41 Å². The molecule has 44 valence electrons. The summed E-state index contributed by atoms with van der Waals surface area (Å²) in [6.45, 7) is 1.19. The summed E-state index contributed by atoms with van der Waals surface area (Å²) in [6, 6.07) is 0. The van der Waals surface area contributed by atoms with Crippen LogP contribution in [0.25, 0.3) is 0 Å². The van der Waals surface area contributed by atoms with Crippen LogP contribution in [0.4, 0.5) is 0 Å². The summed E-state index contributed by atoms with van der Waals surface area (Å²) >= 11 is 0. The fourth-order valence-electron chi connectivity index (χ4n) is 0. The van der Waals surface area contributed by atoms with Gasteiger partial charge in [-0.05, 0) is 0 Å². The quantitative estimate of drug-likeness (QED) is 0.337. The molecular formula is C3H11N3O. The van der Waals surface area contributed by atoms with Crippen LogP contribution in [0.15, 0.2) is 0 Å². The molecule has 4 heteroatoms. The molecular weight excluding hydrogens is 94.1 g/mol. The van der Waals surface area contributed by atoms with E-state index >= 15 is 0 Å². The third-order valence-corrected chi connectivity index (χ3v) is 0.167. The van der Waals surface area contributed by atoms with Gasteiger partial charge in [-0.2, -0.15) is 0 Å². The number of primary amides is 1. The summed E-state index contributed by atoms with van der Waals surface area (Å²) in [4.78, 5) is 8.58. The van der Waals surface area contributed by atoms with Gasteiger partial charge in [-0.3, -0.25) is 4.79 Å². The molecule has 0 rings (SSSR count). The Kier molecular flexibility index (Phi) is 25.0. The Bertz CT molecular complexity index is 29.4. The largest absolute Gasteiger partial charge is 0.372 e. The third-order valence-electron chi connectivity index (χ3n) is 0.167. The molecule has 6 N–H and O–H groups in total. The molecule has 0 aliphatic rings. The van der Waals surface area contributed by atoms with Crippen LogP contribution in [0, 0.1) is 0 Å². The molecule has 0 aliphatic carbocycles. The lowest BCUT2D eigenvalue weighted by molar-refractivity contribution is -0.106. The number of carbonyl (C=O) groups excluding carboxylic acids is 1. The second-order valence-corrected chi connectivity index (χ2v) is 0.713. The van der Waals surface area contributed by atoms with Gasteiger partial charge in [0.05, 0.1) is 0 Å². The van der Waals surface area contributed by atoms with Gasteiger partial charge in [-0.15, -0.1) is 0 Å². The van der Waals surface area contributed by atoms with Crippen LogP contribution in [0.5, 0.6) is 0 Å². The van der Waals surface area contributed by atoms with Crippen molar-refractivity contribution in [1.29, 1.82) is 0 Å². The molecule has 7 heavy (non-hydrogen) atoms. The van der Waals surface area contributed by atoms with Gasteiger partial charge in [0, 0.05) is 13.1 Å². The van der Waals surface area contributed by atoms with Crippen molar-refractivity contribution in [3.8, 4) is 0 Å². The third kappa shape index (κ3) is 407. The summed E-state index contributed by atoms with van der Waals surface area (Å²) in [7, 11) is 0. The molecule has 0 saturated heterocycles. The Morgan fingerprint density at radius 2 is 1.43 bits per heavy atom. The van der Waals surface area contributed by atoms with E-state index in [1.165, 1.54) is 0 Å². The molecule has 0 aromatic rings. The van der Waals surface area contributed by atoms with Gasteiger partial charge in [-0.25, -0.2) is 0 Å². The highest BCUT2D eigenvalue weighted by molar-refractivity contribution is 5.42. The summed E-state index contributed by atoms with van der Waals surface area (Å²) in [6.07, 6.45) is 0.250. The van der Waals surface area contributed by atoms with Crippen LogP contribution < -0.4 is 17.2 Å². The van der Waals surface area contributed by atoms with Crippen molar-refractivity contribution in [2.45, 2.75) is 0 Å². The van der Waals surface area contributed by atoms with E-state index in [4.69, 9.17) is 16.3 Å². The van der Waals surface area contributed by atoms with E-state index in [2.05, 4.69) is 5.73 Å². The van der Waals surface area contributed by atoms with Gasteiger partial charge in [0.1, 0.15) is 0 Å². The smallest absolute Gasteiger partial charge is 0.204 e. The average molecular weight is 105 g/mol. The van der Waals surface area contributed by atoms with Crippen LogP contribution in [-0.2, 0) is 4.79 Å². The summed E-state index contributed by atoms with van der Waals surface area (Å²) < 4.78 is 0. The first-order valence-corrected chi connectivity index (χ1v) is 1.89. The van der Waals surface area contributed by atoms with Crippen molar-refractivity contribution in [1.82, 2.24) is 0 Å². The van der Waals surface area contributed by atoms with Gasteiger partial charge in [0.2, 0.25) is 6.41 Å². The van der Waals surface area contributed by atoms with E-state index in [0.29, 0.717) is 13.1 Å². The predicted octanol–water partition coefficient (Wildman–Crippen LogP) is -1.99. The van der Waals surface area contributed by atoms with Crippen LogP contribution in [-0.4, -0.2) is 19.5 Å². The van der Waals surface area contributed by atoms with Crippen molar-refractivity contribution in [2.24, 2.45) is 17.2 Å². The molecule has 1 amide bonds. The minimum atomic E-state index is 0.250. The number of rotatable bonds is 1. The first-order chi connectivity index (χ1) is 3.33. The molecule has 0 spiro atoms. The van der Waals surface area contributed by atoms with Gasteiger partial charge < -0.3 is 17.2 Å². The lowest BCUT2D eigenvalue weighted by Crippen LogP contribution is -2.11. The maximum Gasteiger partial charge on any atom is 0.204 e. The second kappa shape index (κ2) is 18.2. The minimum Gasteiger partial charge on any atom is -0.372 e. The fraction of sp³-hybridized carbons (Fsp3) is 0.667. The SMILES string of the molecule is NC=O.NCCN. The molecule has 0 bridgehead atoms.